The fourth-order valence-corrected chi connectivity index (χ4v) is 5.29. The summed E-state index contributed by atoms with van der Waals surface area (Å²) in [6.45, 7) is 3.66. The number of pyridine rings is 1. The van der Waals surface area contributed by atoms with E-state index in [1.54, 1.807) is 30.1 Å². The fraction of sp³-hybridized carbons (Fsp3) is 0.286. The molecule has 0 bridgehead atoms. The summed E-state index contributed by atoms with van der Waals surface area (Å²) < 4.78 is 45.5. The van der Waals surface area contributed by atoms with Gasteiger partial charge >= 0.3 is 0 Å². The summed E-state index contributed by atoms with van der Waals surface area (Å²) in [6.07, 6.45) is 4.32. The maximum atomic E-state index is 16.0. The average Bonchev–Trinajstić information content (AvgIpc) is 3.42. The van der Waals surface area contributed by atoms with Crippen LogP contribution < -0.4 is 4.72 Å². The Morgan fingerprint density at radius 3 is 2.58 bits per heavy atom. The first-order valence-electron chi connectivity index (χ1n) is 9.90. The van der Waals surface area contributed by atoms with Gasteiger partial charge in [0.15, 0.2) is 5.65 Å². The Labute approximate surface area is 178 Å². The predicted octanol–water partition coefficient (Wildman–Crippen LogP) is 3.69. The van der Waals surface area contributed by atoms with Crippen LogP contribution in [0.15, 0.2) is 30.7 Å². The van der Waals surface area contributed by atoms with E-state index in [4.69, 9.17) is 0 Å². The lowest BCUT2D eigenvalue weighted by Crippen LogP contribution is -2.17. The molecule has 4 aromatic rings. The maximum Gasteiger partial charge on any atom is 0.235 e. The second-order valence-electron chi connectivity index (χ2n) is 7.86. The van der Waals surface area contributed by atoms with E-state index in [1.165, 1.54) is 12.4 Å². The molecule has 0 unspecified atom stereocenters. The van der Waals surface area contributed by atoms with Crippen LogP contribution in [-0.4, -0.2) is 38.4 Å². The Balaban J connectivity index is 1.77. The maximum absolute atomic E-state index is 16.0. The number of nitrogens with one attached hydrogen (secondary N) is 2. The van der Waals surface area contributed by atoms with E-state index < -0.39 is 21.1 Å². The van der Waals surface area contributed by atoms with Crippen LogP contribution >= 0.6 is 0 Å². The molecule has 0 aliphatic heterocycles. The van der Waals surface area contributed by atoms with Crippen LogP contribution in [0.2, 0.25) is 0 Å². The van der Waals surface area contributed by atoms with Crippen molar-refractivity contribution in [1.82, 2.24) is 24.7 Å². The predicted molar refractivity (Wildman–Crippen MR) is 117 cm³/mol. The highest BCUT2D eigenvalue weighted by Gasteiger charge is 2.36. The first kappa shape index (κ1) is 19.7. The summed E-state index contributed by atoms with van der Waals surface area (Å²) in [5, 5.41) is 4.00. The van der Waals surface area contributed by atoms with Crippen LogP contribution in [0.4, 0.5) is 10.1 Å². The summed E-state index contributed by atoms with van der Waals surface area (Å²) in [5.74, 6) is -0.462. The summed E-state index contributed by atoms with van der Waals surface area (Å²) >= 11 is 0. The van der Waals surface area contributed by atoms with Crippen LogP contribution in [0.25, 0.3) is 33.4 Å². The number of hydrogen-bond acceptors (Lipinski definition) is 5. The van der Waals surface area contributed by atoms with E-state index in [9.17, 15) is 8.42 Å². The van der Waals surface area contributed by atoms with Crippen molar-refractivity contribution < 1.29 is 12.8 Å². The summed E-state index contributed by atoms with van der Waals surface area (Å²) in [4.78, 5) is 11.3. The molecule has 1 aliphatic rings. The van der Waals surface area contributed by atoms with Crippen molar-refractivity contribution in [2.75, 3.05) is 4.72 Å². The molecule has 1 saturated carbocycles. The molecule has 2 N–H and O–H groups in total. The zero-order valence-corrected chi connectivity index (χ0v) is 18.1. The quantitative estimate of drug-likeness (QED) is 0.492. The molecule has 3 aromatic heterocycles. The van der Waals surface area contributed by atoms with Gasteiger partial charge in [0.25, 0.3) is 0 Å². The van der Waals surface area contributed by atoms with E-state index in [1.807, 2.05) is 13.8 Å². The molecular formula is C21H21FN6O2S. The number of imidazole rings is 1. The first-order chi connectivity index (χ1) is 14.8. The Hall–Kier alpha value is -3.27. The van der Waals surface area contributed by atoms with Gasteiger partial charge < -0.3 is 4.98 Å². The smallest absolute Gasteiger partial charge is 0.235 e. The summed E-state index contributed by atoms with van der Waals surface area (Å²) in [6, 6.07) is 4.75. The van der Waals surface area contributed by atoms with Gasteiger partial charge in [-0.15, -0.1) is 0 Å². The first-order valence-corrected chi connectivity index (χ1v) is 11.4. The third kappa shape index (κ3) is 3.27. The molecule has 1 fully saturated rings. The number of H-pyrrole nitrogens is 1. The van der Waals surface area contributed by atoms with Crippen molar-refractivity contribution in [3.8, 4) is 22.3 Å². The van der Waals surface area contributed by atoms with E-state index >= 15 is 4.39 Å². The number of sulfonamides is 1. The number of aromatic nitrogens is 5. The van der Waals surface area contributed by atoms with Gasteiger partial charge in [-0.05, 0) is 44.9 Å². The van der Waals surface area contributed by atoms with Gasteiger partial charge in [0.2, 0.25) is 10.0 Å². The van der Waals surface area contributed by atoms with Gasteiger partial charge in [-0.25, -0.2) is 22.8 Å². The molecule has 0 spiro atoms. The zero-order chi connectivity index (χ0) is 21.9. The number of hydrogen-bond donors (Lipinski definition) is 2. The highest BCUT2D eigenvalue weighted by Crippen LogP contribution is 2.39. The van der Waals surface area contributed by atoms with Crippen molar-refractivity contribution in [3.05, 3.63) is 47.9 Å². The van der Waals surface area contributed by atoms with E-state index in [-0.39, 0.29) is 5.56 Å². The normalized spacial score (nSPS) is 14.3. The molecule has 1 aromatic carbocycles. The van der Waals surface area contributed by atoms with Crippen LogP contribution in [0, 0.1) is 19.7 Å². The molecule has 0 radical (unpaired) electrons. The molecule has 5 rings (SSSR count). The molecule has 0 saturated heterocycles. The number of anilines is 1. The average molecular weight is 441 g/mol. The van der Waals surface area contributed by atoms with Gasteiger partial charge in [0, 0.05) is 46.9 Å². The summed E-state index contributed by atoms with van der Waals surface area (Å²) in [7, 11) is -1.73. The van der Waals surface area contributed by atoms with Gasteiger partial charge in [-0.3, -0.25) is 9.40 Å². The molecule has 0 atom stereocenters. The highest BCUT2D eigenvalue weighted by molar-refractivity contribution is 7.93. The Bertz CT molecular complexity index is 1440. The minimum atomic E-state index is -3.52. The Morgan fingerprint density at radius 1 is 1.16 bits per heavy atom. The lowest BCUT2D eigenvalue weighted by Gasteiger charge is -2.15. The van der Waals surface area contributed by atoms with Gasteiger partial charge in [0.1, 0.15) is 5.82 Å². The molecule has 160 valence electrons. The number of rotatable bonds is 5. The van der Waals surface area contributed by atoms with Crippen LogP contribution in [0.3, 0.4) is 0 Å². The standard InChI is InChI=1S/C21H21FN6O2S/c1-11-18(12(2)28(3)26-11)17-9-13(27-31(29,30)14-4-5-14)8-16(19(17)22)15-6-7-23-21-20(15)24-10-25-21/h6-10,14,27H,4-5H2,1-3H3,(H,23,24,25). The van der Waals surface area contributed by atoms with Gasteiger partial charge in [0.05, 0.1) is 22.8 Å². The molecule has 3 heterocycles. The van der Waals surface area contributed by atoms with Gasteiger partial charge in [-0.1, -0.05) is 0 Å². The SMILES string of the molecule is Cc1nn(C)c(C)c1-c1cc(NS(=O)(=O)C2CC2)cc(-c2ccnc3nc[nH]c23)c1F. The van der Waals surface area contributed by atoms with E-state index in [0.29, 0.717) is 52.1 Å². The molecule has 1 aliphatic carbocycles. The van der Waals surface area contributed by atoms with Crippen LogP contribution in [0.5, 0.6) is 0 Å². The monoisotopic (exact) mass is 440 g/mol. The number of halogens is 1. The van der Waals surface area contributed by atoms with Crippen molar-refractivity contribution in [3.63, 3.8) is 0 Å². The number of aryl methyl sites for hydroxylation is 2. The minimum Gasteiger partial charge on any atom is -0.343 e. The van der Waals surface area contributed by atoms with E-state index in [0.717, 1.165) is 5.69 Å². The highest BCUT2D eigenvalue weighted by atomic mass is 32.2. The number of fused-ring (bicyclic) bond motifs is 1. The second kappa shape index (κ2) is 6.88. The van der Waals surface area contributed by atoms with Crippen molar-refractivity contribution in [1.29, 1.82) is 0 Å². The lowest BCUT2D eigenvalue weighted by atomic mass is 9.96. The Morgan fingerprint density at radius 2 is 1.90 bits per heavy atom. The van der Waals surface area contributed by atoms with Crippen LogP contribution in [0.1, 0.15) is 24.2 Å². The largest absolute Gasteiger partial charge is 0.343 e. The van der Waals surface area contributed by atoms with E-state index in [2.05, 4.69) is 24.8 Å². The Kier molecular flexibility index (Phi) is 4.37. The summed E-state index contributed by atoms with van der Waals surface area (Å²) in [5.41, 5.74) is 4.52. The lowest BCUT2D eigenvalue weighted by molar-refractivity contribution is 0.600. The third-order valence-electron chi connectivity index (χ3n) is 5.69. The fourth-order valence-electron chi connectivity index (χ4n) is 3.92. The number of aromatic amines is 1. The number of nitrogens with zero attached hydrogens (tertiary/aromatic N) is 4. The van der Waals surface area contributed by atoms with Crippen molar-refractivity contribution in [2.24, 2.45) is 7.05 Å². The van der Waals surface area contributed by atoms with Crippen molar-refractivity contribution in [2.45, 2.75) is 31.9 Å². The zero-order valence-electron chi connectivity index (χ0n) is 17.3. The minimum absolute atomic E-state index is 0.255. The molecule has 31 heavy (non-hydrogen) atoms. The molecule has 10 heteroatoms. The van der Waals surface area contributed by atoms with Crippen molar-refractivity contribution >= 4 is 26.9 Å². The molecule has 8 nitrogen and oxygen atoms in total. The topological polar surface area (TPSA) is 106 Å². The number of benzene rings is 1. The van der Waals surface area contributed by atoms with Crippen LogP contribution in [-0.2, 0) is 17.1 Å². The third-order valence-corrected chi connectivity index (χ3v) is 7.56. The van der Waals surface area contributed by atoms with Gasteiger partial charge in [-0.2, -0.15) is 5.10 Å². The molecule has 0 amide bonds. The second-order valence-corrected chi connectivity index (χ2v) is 9.82. The molecular weight excluding hydrogens is 419 g/mol.